The van der Waals surface area contributed by atoms with E-state index in [2.05, 4.69) is 11.4 Å². The van der Waals surface area contributed by atoms with E-state index in [1.165, 1.54) is 35.1 Å². The van der Waals surface area contributed by atoms with Crippen molar-refractivity contribution in [1.29, 1.82) is 5.26 Å². The lowest BCUT2D eigenvalue weighted by molar-refractivity contribution is 0.102. The Labute approximate surface area is 155 Å². The van der Waals surface area contributed by atoms with Gasteiger partial charge in [0, 0.05) is 10.4 Å². The third kappa shape index (κ3) is 3.59. The van der Waals surface area contributed by atoms with E-state index in [1.54, 1.807) is 12.1 Å². The van der Waals surface area contributed by atoms with Crippen molar-refractivity contribution in [1.82, 2.24) is 0 Å². The molecule has 3 nitrogen and oxygen atoms in total. The first-order valence-corrected chi connectivity index (χ1v) is 9.48. The Hall–Kier alpha value is -1.54. The van der Waals surface area contributed by atoms with E-state index in [4.69, 9.17) is 23.2 Å². The van der Waals surface area contributed by atoms with Gasteiger partial charge in [-0.25, -0.2) is 0 Å². The van der Waals surface area contributed by atoms with Gasteiger partial charge in [0.2, 0.25) is 0 Å². The second-order valence-electron chi connectivity index (χ2n) is 5.82. The van der Waals surface area contributed by atoms with Gasteiger partial charge in [0.15, 0.2) is 0 Å². The molecule has 0 saturated carbocycles. The monoisotopic (exact) mass is 378 g/mol. The quantitative estimate of drug-likeness (QED) is 0.713. The van der Waals surface area contributed by atoms with E-state index in [1.807, 2.05) is 0 Å². The maximum Gasteiger partial charge on any atom is 0.256 e. The van der Waals surface area contributed by atoms with Crippen LogP contribution in [-0.4, -0.2) is 5.91 Å². The van der Waals surface area contributed by atoms with E-state index < -0.39 is 0 Å². The van der Waals surface area contributed by atoms with Crippen LogP contribution in [0.25, 0.3) is 0 Å². The minimum Gasteiger partial charge on any atom is -0.312 e. The maximum atomic E-state index is 12.5. The number of carbonyl (C=O) groups excluding carboxylic acids is 1. The van der Waals surface area contributed by atoms with Crippen molar-refractivity contribution in [3.05, 3.63) is 49.8 Å². The molecule has 0 fully saturated rings. The number of rotatable bonds is 2. The molecule has 3 rings (SSSR count). The van der Waals surface area contributed by atoms with Crippen LogP contribution in [0.1, 0.15) is 52.0 Å². The lowest BCUT2D eigenvalue weighted by atomic mass is 9.97. The number of amides is 1. The summed E-state index contributed by atoms with van der Waals surface area (Å²) in [5.41, 5.74) is 2.16. The summed E-state index contributed by atoms with van der Waals surface area (Å²) in [5.74, 6) is -0.278. The Morgan fingerprint density at radius 2 is 1.88 bits per heavy atom. The van der Waals surface area contributed by atoms with Gasteiger partial charge in [0.05, 0.1) is 15.6 Å². The van der Waals surface area contributed by atoms with Crippen molar-refractivity contribution in [3.63, 3.8) is 0 Å². The molecule has 1 aliphatic carbocycles. The Morgan fingerprint density at radius 3 is 2.58 bits per heavy atom. The summed E-state index contributed by atoms with van der Waals surface area (Å²) in [6.45, 7) is 0. The molecule has 1 aromatic heterocycles. The first kappa shape index (κ1) is 17.3. The summed E-state index contributed by atoms with van der Waals surface area (Å²) in [6.07, 6.45) is 6.56. The summed E-state index contributed by atoms with van der Waals surface area (Å²) in [7, 11) is 0. The number of hydrogen-bond acceptors (Lipinski definition) is 3. The zero-order chi connectivity index (χ0) is 17.1. The molecule has 1 amide bonds. The number of hydrogen-bond donors (Lipinski definition) is 1. The Morgan fingerprint density at radius 1 is 1.12 bits per heavy atom. The lowest BCUT2D eigenvalue weighted by Gasteiger charge is -2.08. The maximum absolute atomic E-state index is 12.5. The first-order chi connectivity index (χ1) is 11.6. The van der Waals surface area contributed by atoms with Crippen molar-refractivity contribution < 1.29 is 4.79 Å². The van der Waals surface area contributed by atoms with Crippen LogP contribution in [0, 0.1) is 11.3 Å². The number of halogens is 2. The van der Waals surface area contributed by atoms with Gasteiger partial charge in [-0.05, 0) is 49.4 Å². The SMILES string of the molecule is N#Cc1c(NC(=O)c2ccc(Cl)c(Cl)c2)sc2c1CCCCCC2. The molecule has 0 radical (unpaired) electrons. The third-order valence-corrected chi connectivity index (χ3v) is 6.14. The van der Waals surface area contributed by atoms with Crippen molar-refractivity contribution in [2.45, 2.75) is 38.5 Å². The number of nitrogens with one attached hydrogen (secondary N) is 1. The molecule has 1 aromatic carbocycles. The number of fused-ring (bicyclic) bond motifs is 1. The molecule has 1 aliphatic rings. The lowest BCUT2D eigenvalue weighted by Crippen LogP contribution is -2.11. The number of benzene rings is 1. The molecule has 24 heavy (non-hydrogen) atoms. The standard InChI is InChI=1S/C18H16Cl2N2OS/c19-14-8-7-11(9-15(14)20)17(23)22-18-13(10-21)12-5-3-1-2-4-6-16(12)24-18/h7-9H,1-6H2,(H,22,23). The fraction of sp³-hybridized carbons (Fsp3) is 0.333. The molecule has 0 aliphatic heterocycles. The fourth-order valence-corrected chi connectivity index (χ4v) is 4.47. The number of anilines is 1. The molecule has 0 saturated heterocycles. The molecular weight excluding hydrogens is 363 g/mol. The van der Waals surface area contributed by atoms with Crippen molar-refractivity contribution in [3.8, 4) is 6.07 Å². The Balaban J connectivity index is 1.89. The van der Waals surface area contributed by atoms with Crippen LogP contribution in [0.2, 0.25) is 10.0 Å². The van der Waals surface area contributed by atoms with Gasteiger partial charge in [-0.2, -0.15) is 5.26 Å². The van der Waals surface area contributed by atoms with Crippen LogP contribution in [0.15, 0.2) is 18.2 Å². The molecule has 0 unspecified atom stereocenters. The average molecular weight is 379 g/mol. The zero-order valence-corrected chi connectivity index (χ0v) is 15.3. The summed E-state index contributed by atoms with van der Waals surface area (Å²) in [5, 5.41) is 13.8. The fourth-order valence-electron chi connectivity index (χ4n) is 2.94. The van der Waals surface area contributed by atoms with Gasteiger partial charge in [-0.15, -0.1) is 11.3 Å². The van der Waals surface area contributed by atoms with Gasteiger partial charge in [0.25, 0.3) is 5.91 Å². The molecule has 0 atom stereocenters. The van der Waals surface area contributed by atoms with Crippen LogP contribution in [0.5, 0.6) is 0 Å². The highest BCUT2D eigenvalue weighted by atomic mass is 35.5. The first-order valence-electron chi connectivity index (χ1n) is 7.91. The predicted octanol–water partition coefficient (Wildman–Crippen LogP) is 5.84. The normalized spacial score (nSPS) is 14.2. The van der Waals surface area contributed by atoms with Crippen LogP contribution in [0.3, 0.4) is 0 Å². The highest BCUT2D eigenvalue weighted by Gasteiger charge is 2.21. The van der Waals surface area contributed by atoms with E-state index >= 15 is 0 Å². The second-order valence-corrected chi connectivity index (χ2v) is 7.74. The highest BCUT2D eigenvalue weighted by Crippen LogP contribution is 2.37. The van der Waals surface area contributed by atoms with E-state index in [0.717, 1.165) is 31.2 Å². The van der Waals surface area contributed by atoms with Gasteiger partial charge in [0.1, 0.15) is 11.1 Å². The molecule has 6 heteroatoms. The van der Waals surface area contributed by atoms with E-state index in [9.17, 15) is 10.1 Å². The number of carbonyl (C=O) groups is 1. The second kappa shape index (κ2) is 7.57. The van der Waals surface area contributed by atoms with Crippen molar-refractivity contribution in [2.24, 2.45) is 0 Å². The molecule has 1 heterocycles. The number of aryl methyl sites for hydroxylation is 1. The molecule has 0 bridgehead atoms. The number of nitrogens with zero attached hydrogens (tertiary/aromatic N) is 1. The summed E-state index contributed by atoms with van der Waals surface area (Å²) in [4.78, 5) is 13.7. The molecule has 2 aromatic rings. The number of nitriles is 1. The van der Waals surface area contributed by atoms with Crippen molar-refractivity contribution in [2.75, 3.05) is 5.32 Å². The van der Waals surface area contributed by atoms with Crippen molar-refractivity contribution >= 4 is 45.4 Å². The zero-order valence-electron chi connectivity index (χ0n) is 13.0. The van der Waals surface area contributed by atoms with E-state index in [-0.39, 0.29) is 5.91 Å². The Kier molecular flexibility index (Phi) is 5.45. The number of thiophene rings is 1. The minimum absolute atomic E-state index is 0.278. The van der Waals surface area contributed by atoms with Gasteiger partial charge in [-0.3, -0.25) is 4.79 Å². The van der Waals surface area contributed by atoms with Crippen LogP contribution >= 0.6 is 34.5 Å². The largest absolute Gasteiger partial charge is 0.312 e. The van der Waals surface area contributed by atoms with Gasteiger partial charge >= 0.3 is 0 Å². The van der Waals surface area contributed by atoms with Gasteiger partial charge < -0.3 is 5.32 Å². The average Bonchev–Trinajstić information content (AvgIpc) is 2.85. The molecule has 124 valence electrons. The summed E-state index contributed by atoms with van der Waals surface area (Å²) in [6, 6.07) is 7.03. The molecule has 1 N–H and O–H groups in total. The third-order valence-electron chi connectivity index (χ3n) is 4.19. The smallest absolute Gasteiger partial charge is 0.256 e. The van der Waals surface area contributed by atoms with Crippen LogP contribution in [-0.2, 0) is 12.8 Å². The summed E-state index contributed by atoms with van der Waals surface area (Å²) < 4.78 is 0. The van der Waals surface area contributed by atoms with Crippen LogP contribution < -0.4 is 5.32 Å². The highest BCUT2D eigenvalue weighted by molar-refractivity contribution is 7.16. The Bertz CT molecular complexity index is 823. The molecule has 0 spiro atoms. The van der Waals surface area contributed by atoms with Gasteiger partial charge in [-0.1, -0.05) is 36.0 Å². The van der Waals surface area contributed by atoms with Crippen LogP contribution in [0.4, 0.5) is 5.00 Å². The molecular formula is C18H16Cl2N2OS. The topological polar surface area (TPSA) is 52.9 Å². The summed E-state index contributed by atoms with van der Waals surface area (Å²) >= 11 is 13.4. The minimum atomic E-state index is -0.278. The van der Waals surface area contributed by atoms with E-state index in [0.29, 0.717) is 26.2 Å². The predicted molar refractivity (Wildman–Crippen MR) is 99.3 cm³/mol.